The molecule has 0 aliphatic carbocycles. The Kier molecular flexibility index (Phi) is 6.40. The number of nitrogens with one attached hydrogen (secondary N) is 2. The Hall–Kier alpha value is -2.64. The molecule has 1 heterocycles. The van der Waals surface area contributed by atoms with Crippen LogP contribution in [-0.2, 0) is 4.74 Å². The van der Waals surface area contributed by atoms with E-state index in [0.29, 0.717) is 5.11 Å². The molecule has 0 saturated carbocycles. The average molecular weight is 370 g/mol. The van der Waals surface area contributed by atoms with E-state index in [2.05, 4.69) is 32.9 Å². The van der Waals surface area contributed by atoms with Crippen molar-refractivity contribution in [1.29, 1.82) is 0 Å². The molecule has 1 aliphatic rings. The van der Waals surface area contributed by atoms with E-state index >= 15 is 0 Å². The van der Waals surface area contributed by atoms with E-state index in [1.54, 1.807) is 13.3 Å². The number of morpholine rings is 1. The number of hydrazone groups is 1. The topological polar surface area (TPSA) is 58.1 Å². The van der Waals surface area contributed by atoms with E-state index in [4.69, 9.17) is 21.7 Å². The summed E-state index contributed by atoms with van der Waals surface area (Å²) < 4.78 is 10.5. The number of ether oxygens (including phenoxy) is 2. The SMILES string of the molecule is COc1ccc(NC(=S)N/N=C\c2ccc(N3CCOCC3)cc2)cc1. The third-order valence-electron chi connectivity index (χ3n) is 4.00. The van der Waals surface area contributed by atoms with E-state index in [1.807, 2.05) is 36.4 Å². The lowest BCUT2D eigenvalue weighted by atomic mass is 10.2. The van der Waals surface area contributed by atoms with Gasteiger partial charge >= 0.3 is 0 Å². The van der Waals surface area contributed by atoms with Crippen LogP contribution in [0, 0.1) is 0 Å². The molecule has 0 bridgehead atoms. The van der Waals surface area contributed by atoms with Gasteiger partial charge in [0.2, 0.25) is 0 Å². The monoisotopic (exact) mass is 370 g/mol. The molecule has 6 nitrogen and oxygen atoms in total. The number of methoxy groups -OCH3 is 1. The van der Waals surface area contributed by atoms with Crippen molar-refractivity contribution in [3.05, 3.63) is 54.1 Å². The lowest BCUT2D eigenvalue weighted by molar-refractivity contribution is 0.122. The number of hydrogen-bond donors (Lipinski definition) is 2. The lowest BCUT2D eigenvalue weighted by Gasteiger charge is -2.28. The molecule has 0 atom stereocenters. The van der Waals surface area contributed by atoms with Gasteiger partial charge in [-0.1, -0.05) is 12.1 Å². The van der Waals surface area contributed by atoms with Gasteiger partial charge in [0, 0.05) is 24.5 Å². The molecule has 1 aliphatic heterocycles. The summed E-state index contributed by atoms with van der Waals surface area (Å²) in [5, 5.41) is 7.67. The molecule has 0 aromatic heterocycles. The van der Waals surface area contributed by atoms with Crippen molar-refractivity contribution >= 4 is 34.9 Å². The highest BCUT2D eigenvalue weighted by Crippen LogP contribution is 2.16. The Morgan fingerprint density at radius 2 is 1.81 bits per heavy atom. The van der Waals surface area contributed by atoms with Crippen LogP contribution in [0.2, 0.25) is 0 Å². The second-order valence-corrected chi connectivity index (χ2v) is 6.15. The first-order chi connectivity index (χ1) is 12.7. The Balaban J connectivity index is 1.48. The number of anilines is 2. The molecule has 2 N–H and O–H groups in total. The van der Waals surface area contributed by atoms with E-state index in [0.717, 1.165) is 43.3 Å². The van der Waals surface area contributed by atoms with Crippen molar-refractivity contribution in [2.75, 3.05) is 43.6 Å². The van der Waals surface area contributed by atoms with Crippen molar-refractivity contribution in [3.63, 3.8) is 0 Å². The van der Waals surface area contributed by atoms with Gasteiger partial charge in [-0.2, -0.15) is 5.10 Å². The molecular formula is C19H22N4O2S. The first-order valence-electron chi connectivity index (χ1n) is 8.41. The minimum absolute atomic E-state index is 0.427. The van der Waals surface area contributed by atoms with Gasteiger partial charge in [0.15, 0.2) is 5.11 Å². The molecule has 2 aromatic rings. The Morgan fingerprint density at radius 3 is 2.46 bits per heavy atom. The van der Waals surface area contributed by atoms with Crippen LogP contribution >= 0.6 is 12.2 Å². The summed E-state index contributed by atoms with van der Waals surface area (Å²) in [5.41, 5.74) is 5.89. The maximum atomic E-state index is 5.38. The Bertz CT molecular complexity index is 741. The van der Waals surface area contributed by atoms with E-state index in [-0.39, 0.29) is 0 Å². The molecule has 1 saturated heterocycles. The average Bonchev–Trinajstić information content (AvgIpc) is 2.70. The largest absolute Gasteiger partial charge is 0.497 e. The van der Waals surface area contributed by atoms with Crippen LogP contribution < -0.4 is 20.4 Å². The fourth-order valence-electron chi connectivity index (χ4n) is 2.59. The highest BCUT2D eigenvalue weighted by atomic mass is 32.1. The van der Waals surface area contributed by atoms with Crippen LogP contribution in [-0.4, -0.2) is 44.7 Å². The normalized spacial score (nSPS) is 14.3. The fourth-order valence-corrected chi connectivity index (χ4v) is 2.76. The molecule has 3 rings (SSSR count). The summed E-state index contributed by atoms with van der Waals surface area (Å²) in [5.74, 6) is 0.799. The molecular weight excluding hydrogens is 348 g/mol. The van der Waals surface area contributed by atoms with Crippen LogP contribution in [0.1, 0.15) is 5.56 Å². The molecule has 136 valence electrons. The van der Waals surface area contributed by atoms with Crippen LogP contribution in [0.5, 0.6) is 5.75 Å². The van der Waals surface area contributed by atoms with Gasteiger partial charge in [-0.15, -0.1) is 0 Å². The molecule has 0 radical (unpaired) electrons. The quantitative estimate of drug-likeness (QED) is 0.480. The van der Waals surface area contributed by atoms with Crippen molar-refractivity contribution < 1.29 is 9.47 Å². The molecule has 2 aromatic carbocycles. The second kappa shape index (κ2) is 9.17. The van der Waals surface area contributed by atoms with Crippen LogP contribution in [0.15, 0.2) is 53.6 Å². The summed E-state index contributed by atoms with van der Waals surface area (Å²) in [6.45, 7) is 3.43. The van der Waals surface area contributed by atoms with Gasteiger partial charge in [0.05, 0.1) is 26.5 Å². The lowest BCUT2D eigenvalue weighted by Crippen LogP contribution is -2.36. The predicted molar refractivity (Wildman–Crippen MR) is 109 cm³/mol. The van der Waals surface area contributed by atoms with Crippen molar-refractivity contribution in [2.45, 2.75) is 0 Å². The Morgan fingerprint density at radius 1 is 1.12 bits per heavy atom. The predicted octanol–water partition coefficient (Wildman–Crippen LogP) is 2.85. The van der Waals surface area contributed by atoms with Crippen molar-refractivity contribution in [3.8, 4) is 5.75 Å². The smallest absolute Gasteiger partial charge is 0.191 e. The molecule has 26 heavy (non-hydrogen) atoms. The first-order valence-corrected chi connectivity index (χ1v) is 8.82. The standard InChI is InChI=1S/C19H22N4O2S/c1-24-18-8-4-16(5-9-18)21-19(26)22-20-14-15-2-6-17(7-3-15)23-10-12-25-13-11-23/h2-9,14H,10-13H2,1H3,(H2,21,22,26)/b20-14-. The second-order valence-electron chi connectivity index (χ2n) is 5.74. The summed E-state index contributed by atoms with van der Waals surface area (Å²) in [6.07, 6.45) is 1.74. The van der Waals surface area contributed by atoms with Gasteiger partial charge in [0.25, 0.3) is 0 Å². The van der Waals surface area contributed by atoms with Crippen LogP contribution in [0.3, 0.4) is 0 Å². The van der Waals surface area contributed by atoms with Crippen LogP contribution in [0.25, 0.3) is 0 Å². The fraction of sp³-hybridized carbons (Fsp3) is 0.263. The number of benzene rings is 2. The molecule has 0 amide bonds. The van der Waals surface area contributed by atoms with Crippen molar-refractivity contribution in [2.24, 2.45) is 5.10 Å². The van der Waals surface area contributed by atoms with Gasteiger partial charge in [-0.3, -0.25) is 5.43 Å². The molecule has 1 fully saturated rings. The zero-order valence-corrected chi connectivity index (χ0v) is 15.5. The number of hydrogen-bond acceptors (Lipinski definition) is 5. The van der Waals surface area contributed by atoms with Crippen molar-refractivity contribution in [1.82, 2.24) is 5.43 Å². The van der Waals surface area contributed by atoms with Gasteiger partial charge in [-0.05, 0) is 54.2 Å². The maximum Gasteiger partial charge on any atom is 0.191 e. The van der Waals surface area contributed by atoms with E-state index < -0.39 is 0 Å². The summed E-state index contributed by atoms with van der Waals surface area (Å²) in [7, 11) is 1.64. The van der Waals surface area contributed by atoms with E-state index in [1.165, 1.54) is 5.69 Å². The van der Waals surface area contributed by atoms with Crippen LogP contribution in [0.4, 0.5) is 11.4 Å². The van der Waals surface area contributed by atoms with Gasteiger partial charge in [-0.25, -0.2) is 0 Å². The zero-order chi connectivity index (χ0) is 18.2. The zero-order valence-electron chi connectivity index (χ0n) is 14.6. The number of nitrogens with zero attached hydrogens (tertiary/aromatic N) is 2. The third kappa shape index (κ3) is 5.18. The molecule has 0 spiro atoms. The summed E-state index contributed by atoms with van der Waals surface area (Å²) in [4.78, 5) is 2.32. The number of rotatable bonds is 5. The molecule has 0 unspecified atom stereocenters. The summed E-state index contributed by atoms with van der Waals surface area (Å²) in [6, 6.07) is 15.8. The molecule has 7 heteroatoms. The maximum absolute atomic E-state index is 5.38. The summed E-state index contributed by atoms with van der Waals surface area (Å²) >= 11 is 5.23. The Labute approximate surface area is 158 Å². The van der Waals surface area contributed by atoms with E-state index in [9.17, 15) is 0 Å². The number of thiocarbonyl (C=S) groups is 1. The minimum atomic E-state index is 0.427. The minimum Gasteiger partial charge on any atom is -0.497 e. The first kappa shape index (κ1) is 18.2. The highest BCUT2D eigenvalue weighted by molar-refractivity contribution is 7.80. The third-order valence-corrected chi connectivity index (χ3v) is 4.19. The van der Waals surface area contributed by atoms with Gasteiger partial charge in [0.1, 0.15) is 5.75 Å². The highest BCUT2D eigenvalue weighted by Gasteiger charge is 2.10. The van der Waals surface area contributed by atoms with Gasteiger partial charge < -0.3 is 19.7 Å².